The van der Waals surface area contributed by atoms with Gasteiger partial charge in [0, 0.05) is 51.9 Å². The van der Waals surface area contributed by atoms with Crippen molar-refractivity contribution in [3.63, 3.8) is 0 Å². The summed E-state index contributed by atoms with van der Waals surface area (Å²) in [7, 11) is -6.74. The molecule has 1 aromatic rings. The Labute approximate surface area is 173 Å². The second kappa shape index (κ2) is 10.4. The van der Waals surface area contributed by atoms with E-state index in [1.54, 1.807) is 18.7 Å². The first-order valence-electron chi connectivity index (χ1n) is 9.54. The van der Waals surface area contributed by atoms with Gasteiger partial charge in [-0.05, 0) is 24.3 Å². The fourth-order valence-electron chi connectivity index (χ4n) is 2.85. The van der Waals surface area contributed by atoms with Crippen LogP contribution >= 0.6 is 0 Å². The van der Waals surface area contributed by atoms with Crippen LogP contribution in [0.5, 0.6) is 5.75 Å². The Bertz CT molecular complexity index is 877. The zero-order valence-corrected chi connectivity index (χ0v) is 18.5. The molecule has 0 aromatic heterocycles. The van der Waals surface area contributed by atoms with Crippen LogP contribution in [0.1, 0.15) is 13.8 Å². The summed E-state index contributed by atoms with van der Waals surface area (Å²) in [5.74, 6) is 0.459. The van der Waals surface area contributed by atoms with Crippen LogP contribution in [0, 0.1) is 0 Å². The molecule has 9 nitrogen and oxygen atoms in total. The van der Waals surface area contributed by atoms with Gasteiger partial charge in [0.15, 0.2) is 9.84 Å². The number of hydrogen-bond donors (Lipinski definition) is 1. The number of ether oxygens (including phenoxy) is 1. The molecule has 2 rings (SSSR count). The van der Waals surface area contributed by atoms with Gasteiger partial charge in [0.2, 0.25) is 15.9 Å². The molecule has 1 amide bonds. The molecule has 1 saturated heterocycles. The summed E-state index contributed by atoms with van der Waals surface area (Å²) < 4.78 is 55.7. The zero-order chi connectivity index (χ0) is 21.5. The lowest BCUT2D eigenvalue weighted by molar-refractivity contribution is -0.130. The van der Waals surface area contributed by atoms with Gasteiger partial charge >= 0.3 is 0 Å². The van der Waals surface area contributed by atoms with Crippen LogP contribution in [0.2, 0.25) is 0 Å². The van der Waals surface area contributed by atoms with Gasteiger partial charge in [-0.25, -0.2) is 21.6 Å². The average molecular weight is 448 g/mol. The van der Waals surface area contributed by atoms with Crippen LogP contribution in [0.3, 0.4) is 0 Å². The fraction of sp³-hybridized carbons (Fsp3) is 0.611. The maximum atomic E-state index is 12.4. The van der Waals surface area contributed by atoms with E-state index in [0.717, 1.165) is 13.1 Å². The number of nitrogens with zero attached hydrogens (tertiary/aromatic N) is 2. The lowest BCUT2D eigenvalue weighted by Crippen LogP contribution is -2.49. The Morgan fingerprint density at radius 3 is 2.24 bits per heavy atom. The summed E-state index contributed by atoms with van der Waals surface area (Å²) in [6, 6.07) is 5.87. The van der Waals surface area contributed by atoms with Crippen molar-refractivity contribution >= 4 is 25.8 Å². The third kappa shape index (κ3) is 7.57. The molecule has 0 unspecified atom stereocenters. The van der Waals surface area contributed by atoms with Crippen LogP contribution in [0.15, 0.2) is 29.2 Å². The molecule has 1 aliphatic rings. The topological polar surface area (TPSA) is 113 Å². The Balaban J connectivity index is 1.78. The first-order valence-corrected chi connectivity index (χ1v) is 12.8. The van der Waals surface area contributed by atoms with E-state index in [-0.39, 0.29) is 35.5 Å². The quantitative estimate of drug-likeness (QED) is 0.535. The first-order chi connectivity index (χ1) is 13.6. The predicted molar refractivity (Wildman–Crippen MR) is 110 cm³/mol. The summed E-state index contributed by atoms with van der Waals surface area (Å²) in [6.07, 6.45) is 0. The summed E-state index contributed by atoms with van der Waals surface area (Å²) in [5.41, 5.74) is 0. The van der Waals surface area contributed by atoms with Gasteiger partial charge in [0.25, 0.3) is 0 Å². The number of carbonyl (C=O) groups is 1. The number of hydrogen-bond acceptors (Lipinski definition) is 7. The molecule has 29 heavy (non-hydrogen) atoms. The molecule has 1 aromatic carbocycles. The summed E-state index contributed by atoms with van der Waals surface area (Å²) in [6.45, 7) is 6.75. The summed E-state index contributed by atoms with van der Waals surface area (Å²) in [5, 5.41) is 0. The first kappa shape index (κ1) is 23.6. The molecule has 1 fully saturated rings. The molecule has 0 spiro atoms. The van der Waals surface area contributed by atoms with Crippen LogP contribution in [0.4, 0.5) is 0 Å². The monoisotopic (exact) mass is 447 g/mol. The second-order valence-electron chi connectivity index (χ2n) is 6.80. The Hall–Kier alpha value is -1.69. The van der Waals surface area contributed by atoms with Crippen LogP contribution in [0.25, 0.3) is 0 Å². The van der Waals surface area contributed by atoms with E-state index in [2.05, 4.69) is 9.62 Å². The van der Waals surface area contributed by atoms with Gasteiger partial charge in [0.05, 0.1) is 10.6 Å². The molecule has 0 aliphatic carbocycles. The van der Waals surface area contributed by atoms with Crippen LogP contribution < -0.4 is 9.46 Å². The van der Waals surface area contributed by atoms with Crippen molar-refractivity contribution in [3.8, 4) is 5.75 Å². The number of sulfonamides is 1. The van der Waals surface area contributed by atoms with E-state index in [0.29, 0.717) is 25.4 Å². The molecule has 11 heteroatoms. The molecule has 1 heterocycles. The molecule has 0 saturated carbocycles. The van der Waals surface area contributed by atoms with E-state index in [1.165, 1.54) is 24.3 Å². The van der Waals surface area contributed by atoms with Crippen molar-refractivity contribution in [1.29, 1.82) is 0 Å². The number of sulfone groups is 1. The Morgan fingerprint density at radius 2 is 1.69 bits per heavy atom. The highest BCUT2D eigenvalue weighted by Gasteiger charge is 2.19. The highest BCUT2D eigenvalue weighted by Crippen LogP contribution is 2.16. The van der Waals surface area contributed by atoms with Crippen molar-refractivity contribution in [2.45, 2.75) is 18.7 Å². The van der Waals surface area contributed by atoms with Crippen molar-refractivity contribution in [2.75, 3.05) is 57.4 Å². The number of carbonyl (C=O) groups excluding carboxylic acids is 1. The van der Waals surface area contributed by atoms with E-state index < -0.39 is 19.9 Å². The standard InChI is InChI=1S/C18H29N3O6S2/c1-3-28(23,24)15-14-27-17-4-6-18(7-5-17)29(25,26)19-8-9-20-10-12-21(13-11-20)16(2)22/h4-7,19H,3,8-15H2,1-2H3. The van der Waals surface area contributed by atoms with Crippen LogP contribution in [-0.2, 0) is 24.7 Å². The number of amides is 1. The van der Waals surface area contributed by atoms with Crippen molar-refractivity contribution in [1.82, 2.24) is 14.5 Å². The van der Waals surface area contributed by atoms with E-state index >= 15 is 0 Å². The smallest absolute Gasteiger partial charge is 0.240 e. The number of benzene rings is 1. The number of piperazine rings is 1. The normalized spacial score (nSPS) is 16.0. The zero-order valence-electron chi connectivity index (χ0n) is 16.8. The van der Waals surface area contributed by atoms with Gasteiger partial charge < -0.3 is 9.64 Å². The van der Waals surface area contributed by atoms with Crippen molar-refractivity contribution in [3.05, 3.63) is 24.3 Å². The van der Waals surface area contributed by atoms with Gasteiger partial charge in [0.1, 0.15) is 12.4 Å². The average Bonchev–Trinajstić information content (AvgIpc) is 2.68. The molecule has 164 valence electrons. The molecule has 0 bridgehead atoms. The van der Waals surface area contributed by atoms with E-state index in [1.807, 2.05) is 0 Å². The van der Waals surface area contributed by atoms with Crippen LogP contribution in [-0.4, -0.2) is 89.9 Å². The second-order valence-corrected chi connectivity index (χ2v) is 11.0. The van der Waals surface area contributed by atoms with Crippen molar-refractivity contribution < 1.29 is 26.4 Å². The fourth-order valence-corrected chi connectivity index (χ4v) is 4.50. The molecule has 1 aliphatic heterocycles. The molecular weight excluding hydrogens is 418 g/mol. The van der Waals surface area contributed by atoms with Gasteiger partial charge in [-0.15, -0.1) is 0 Å². The van der Waals surface area contributed by atoms with Gasteiger partial charge in [-0.1, -0.05) is 6.92 Å². The highest BCUT2D eigenvalue weighted by molar-refractivity contribution is 7.91. The lowest BCUT2D eigenvalue weighted by atomic mass is 10.3. The SMILES string of the molecule is CCS(=O)(=O)CCOc1ccc(S(=O)(=O)NCCN2CCN(C(C)=O)CC2)cc1. The molecule has 0 radical (unpaired) electrons. The largest absolute Gasteiger partial charge is 0.493 e. The minimum atomic E-state index is -3.64. The third-order valence-corrected chi connectivity index (χ3v) is 7.92. The van der Waals surface area contributed by atoms with E-state index in [4.69, 9.17) is 4.74 Å². The lowest BCUT2D eigenvalue weighted by Gasteiger charge is -2.34. The van der Waals surface area contributed by atoms with Gasteiger partial charge in [-0.2, -0.15) is 0 Å². The molecule has 1 N–H and O–H groups in total. The minimum absolute atomic E-state index is 0.0252. The highest BCUT2D eigenvalue weighted by atomic mass is 32.2. The molecular formula is C18H29N3O6S2. The maximum Gasteiger partial charge on any atom is 0.240 e. The van der Waals surface area contributed by atoms with Crippen molar-refractivity contribution in [2.24, 2.45) is 0 Å². The predicted octanol–water partition coefficient (Wildman–Crippen LogP) is -0.0575. The number of rotatable bonds is 10. The summed E-state index contributed by atoms with van der Waals surface area (Å²) >= 11 is 0. The minimum Gasteiger partial charge on any atom is -0.493 e. The van der Waals surface area contributed by atoms with E-state index in [9.17, 15) is 21.6 Å². The van der Waals surface area contributed by atoms with Gasteiger partial charge in [-0.3, -0.25) is 9.69 Å². The maximum absolute atomic E-state index is 12.4. The molecule has 0 atom stereocenters. The Morgan fingerprint density at radius 1 is 1.07 bits per heavy atom. The third-order valence-electron chi connectivity index (χ3n) is 4.77. The summed E-state index contributed by atoms with van der Waals surface area (Å²) in [4.78, 5) is 15.3. The Kier molecular flexibility index (Phi) is 8.44. The number of nitrogens with one attached hydrogen (secondary N) is 1.